The summed E-state index contributed by atoms with van der Waals surface area (Å²) >= 11 is 1.38. The van der Waals surface area contributed by atoms with Gasteiger partial charge in [-0.2, -0.15) is 13.2 Å². The molecule has 0 aliphatic carbocycles. The molecule has 1 aromatic heterocycles. The van der Waals surface area contributed by atoms with Crippen LogP contribution in [0.4, 0.5) is 13.2 Å². The van der Waals surface area contributed by atoms with E-state index >= 15 is 0 Å². The molecule has 0 aromatic carbocycles. The van der Waals surface area contributed by atoms with E-state index in [4.69, 9.17) is 5.73 Å². The molecule has 140 valence electrons. The van der Waals surface area contributed by atoms with Crippen molar-refractivity contribution >= 4 is 42.1 Å². The zero-order valence-corrected chi connectivity index (χ0v) is 15.5. The topological polar surface area (TPSA) is 62.5 Å². The van der Waals surface area contributed by atoms with Crippen LogP contribution < -0.4 is 5.73 Å². The molecule has 0 bridgehead atoms. The van der Waals surface area contributed by atoms with E-state index in [1.165, 1.54) is 16.2 Å². The lowest BCUT2D eigenvalue weighted by Crippen LogP contribution is -2.54. The van der Waals surface area contributed by atoms with Gasteiger partial charge in [-0.3, -0.25) is 9.69 Å². The van der Waals surface area contributed by atoms with Gasteiger partial charge in [0.1, 0.15) is 11.7 Å². The first-order valence-electron chi connectivity index (χ1n) is 7.07. The van der Waals surface area contributed by atoms with Crippen molar-refractivity contribution in [3.05, 3.63) is 16.1 Å². The van der Waals surface area contributed by atoms with Gasteiger partial charge in [-0.05, 0) is 13.5 Å². The zero-order valence-electron chi connectivity index (χ0n) is 13.1. The maximum absolute atomic E-state index is 12.7. The molecule has 1 atom stereocenters. The summed E-state index contributed by atoms with van der Waals surface area (Å²) in [6.45, 7) is 2.61. The van der Waals surface area contributed by atoms with Crippen LogP contribution in [0.1, 0.15) is 22.4 Å². The number of alkyl halides is 3. The summed E-state index contributed by atoms with van der Waals surface area (Å²) < 4.78 is 38.1. The highest BCUT2D eigenvalue weighted by molar-refractivity contribution is 7.09. The molecule has 2 N–H and O–H groups in total. The Kier molecular flexibility index (Phi) is 9.52. The van der Waals surface area contributed by atoms with Crippen molar-refractivity contribution in [3.8, 4) is 0 Å². The predicted molar refractivity (Wildman–Crippen MR) is 92.4 cm³/mol. The molecule has 1 aliphatic heterocycles. The van der Waals surface area contributed by atoms with Gasteiger partial charge in [-0.25, -0.2) is 4.98 Å². The number of thiazole rings is 1. The molecule has 24 heavy (non-hydrogen) atoms. The SMILES string of the molecule is CC(N1CCN(C(=O)c2csc(CCN)n2)CC1)C(F)(F)F.Cl.Cl. The summed E-state index contributed by atoms with van der Waals surface area (Å²) in [6.07, 6.45) is -3.62. The summed E-state index contributed by atoms with van der Waals surface area (Å²) in [4.78, 5) is 19.4. The van der Waals surface area contributed by atoms with Crippen LogP contribution in [0.3, 0.4) is 0 Å². The largest absolute Gasteiger partial charge is 0.403 e. The van der Waals surface area contributed by atoms with E-state index in [1.807, 2.05) is 0 Å². The Morgan fingerprint density at radius 3 is 2.42 bits per heavy atom. The van der Waals surface area contributed by atoms with Crippen LogP contribution in [-0.4, -0.2) is 65.6 Å². The first-order valence-corrected chi connectivity index (χ1v) is 7.95. The standard InChI is InChI=1S/C13H19F3N4OS.2ClH/c1-9(13(14,15)16)19-4-6-20(7-5-19)12(21)10-8-22-11(18-10)2-3-17;;/h8-9H,2-7,17H2,1H3;2*1H. The normalized spacial score (nSPS) is 17.0. The summed E-state index contributed by atoms with van der Waals surface area (Å²) in [5.41, 5.74) is 5.79. The molecule has 11 heteroatoms. The first-order chi connectivity index (χ1) is 10.3. The number of hydrogen-bond acceptors (Lipinski definition) is 5. The highest BCUT2D eigenvalue weighted by Crippen LogP contribution is 2.25. The zero-order chi connectivity index (χ0) is 16.3. The molecule has 0 spiro atoms. The van der Waals surface area contributed by atoms with Crippen molar-refractivity contribution in [3.63, 3.8) is 0 Å². The van der Waals surface area contributed by atoms with Gasteiger partial charge in [0.25, 0.3) is 5.91 Å². The Morgan fingerprint density at radius 2 is 1.92 bits per heavy atom. The van der Waals surface area contributed by atoms with Crippen molar-refractivity contribution in [2.45, 2.75) is 25.6 Å². The number of rotatable bonds is 4. The summed E-state index contributed by atoms with van der Waals surface area (Å²) in [5.74, 6) is -0.223. The number of nitrogens with zero attached hydrogens (tertiary/aromatic N) is 3. The molecule has 1 unspecified atom stereocenters. The van der Waals surface area contributed by atoms with Crippen LogP contribution in [0, 0.1) is 0 Å². The van der Waals surface area contributed by atoms with Crippen molar-refractivity contribution in [1.82, 2.24) is 14.8 Å². The average molecular weight is 409 g/mol. The number of carbonyl (C=O) groups excluding carboxylic acids is 1. The Labute approximate surface area is 155 Å². The molecule has 1 saturated heterocycles. The number of nitrogens with two attached hydrogens (primary N) is 1. The van der Waals surface area contributed by atoms with Gasteiger partial charge in [-0.15, -0.1) is 36.2 Å². The molecule has 2 heterocycles. The van der Waals surface area contributed by atoms with Crippen LogP contribution in [0.5, 0.6) is 0 Å². The second-order valence-electron chi connectivity index (χ2n) is 5.21. The molecule has 5 nitrogen and oxygen atoms in total. The Hall–Kier alpha value is -0.610. The van der Waals surface area contributed by atoms with E-state index in [9.17, 15) is 18.0 Å². The molecule has 2 rings (SSSR count). The summed E-state index contributed by atoms with van der Waals surface area (Å²) in [7, 11) is 0. The molecule has 1 aromatic rings. The fourth-order valence-corrected chi connectivity index (χ4v) is 3.12. The minimum atomic E-state index is -4.24. The van der Waals surface area contributed by atoms with Gasteiger partial charge in [0.05, 0.1) is 5.01 Å². The maximum Gasteiger partial charge on any atom is 0.403 e. The van der Waals surface area contributed by atoms with Crippen molar-refractivity contribution in [2.24, 2.45) is 5.73 Å². The lowest BCUT2D eigenvalue weighted by atomic mass is 10.2. The molecule has 1 fully saturated rings. The quantitative estimate of drug-likeness (QED) is 0.829. The molecule has 0 saturated carbocycles. The summed E-state index contributed by atoms with van der Waals surface area (Å²) in [5, 5.41) is 2.48. The predicted octanol–water partition coefficient (Wildman–Crippen LogP) is 2.20. The van der Waals surface area contributed by atoms with Gasteiger partial charge in [-0.1, -0.05) is 0 Å². The lowest BCUT2D eigenvalue weighted by Gasteiger charge is -2.38. The lowest BCUT2D eigenvalue weighted by molar-refractivity contribution is -0.181. The van der Waals surface area contributed by atoms with Gasteiger partial charge in [0.2, 0.25) is 0 Å². The third kappa shape index (κ3) is 5.73. The smallest absolute Gasteiger partial charge is 0.335 e. The van der Waals surface area contributed by atoms with Crippen LogP contribution >= 0.6 is 36.2 Å². The third-order valence-electron chi connectivity index (χ3n) is 3.75. The molecule has 1 amide bonds. The van der Waals surface area contributed by atoms with E-state index in [1.54, 1.807) is 10.3 Å². The van der Waals surface area contributed by atoms with Crippen LogP contribution in [0.15, 0.2) is 5.38 Å². The molecular weight excluding hydrogens is 388 g/mol. The van der Waals surface area contributed by atoms with Gasteiger partial charge in [0, 0.05) is 38.0 Å². The van der Waals surface area contributed by atoms with Crippen molar-refractivity contribution in [1.29, 1.82) is 0 Å². The van der Waals surface area contributed by atoms with Gasteiger partial charge < -0.3 is 10.6 Å². The highest BCUT2D eigenvalue weighted by Gasteiger charge is 2.41. The minimum absolute atomic E-state index is 0. The van der Waals surface area contributed by atoms with E-state index in [0.29, 0.717) is 18.7 Å². The monoisotopic (exact) mass is 408 g/mol. The molecule has 0 radical (unpaired) electrons. The average Bonchev–Trinajstić information content (AvgIpc) is 2.94. The van der Waals surface area contributed by atoms with Gasteiger partial charge in [0.15, 0.2) is 0 Å². The van der Waals surface area contributed by atoms with Crippen LogP contribution in [0.2, 0.25) is 0 Å². The van der Waals surface area contributed by atoms with E-state index < -0.39 is 12.2 Å². The number of aromatic nitrogens is 1. The first kappa shape index (κ1) is 23.4. The van der Waals surface area contributed by atoms with E-state index in [2.05, 4.69) is 4.98 Å². The van der Waals surface area contributed by atoms with Crippen molar-refractivity contribution in [2.75, 3.05) is 32.7 Å². The maximum atomic E-state index is 12.7. The van der Waals surface area contributed by atoms with Gasteiger partial charge >= 0.3 is 6.18 Å². The summed E-state index contributed by atoms with van der Waals surface area (Å²) in [6, 6.07) is -1.49. The van der Waals surface area contributed by atoms with E-state index in [0.717, 1.165) is 11.9 Å². The van der Waals surface area contributed by atoms with Crippen LogP contribution in [-0.2, 0) is 6.42 Å². The third-order valence-corrected chi connectivity index (χ3v) is 4.66. The van der Waals surface area contributed by atoms with Crippen molar-refractivity contribution < 1.29 is 18.0 Å². The second kappa shape index (κ2) is 9.76. The Morgan fingerprint density at radius 1 is 1.33 bits per heavy atom. The Balaban J connectivity index is 0.00000264. The number of carbonyl (C=O) groups is 1. The van der Waals surface area contributed by atoms with E-state index in [-0.39, 0.29) is 56.9 Å². The highest BCUT2D eigenvalue weighted by atomic mass is 35.5. The number of hydrogen-bond donors (Lipinski definition) is 1. The fraction of sp³-hybridized carbons (Fsp3) is 0.692. The Bertz CT molecular complexity index is 522. The fourth-order valence-electron chi connectivity index (χ4n) is 2.33. The molecule has 1 aliphatic rings. The second-order valence-corrected chi connectivity index (χ2v) is 6.15. The molecular formula is C13H21Cl2F3N4OS. The minimum Gasteiger partial charge on any atom is -0.335 e. The number of halogens is 5. The van der Waals surface area contributed by atoms with Crippen LogP contribution in [0.25, 0.3) is 0 Å². The number of amides is 1. The number of piperazine rings is 1.